The molecule has 1 aliphatic carbocycles. The van der Waals surface area contributed by atoms with Gasteiger partial charge in [0.1, 0.15) is 0 Å². The second kappa shape index (κ2) is 5.71. The minimum absolute atomic E-state index is 0.0608. The maximum Gasteiger partial charge on any atom is 0.0336 e. The van der Waals surface area contributed by atoms with Gasteiger partial charge in [-0.15, -0.1) is 0 Å². The predicted octanol–water partition coefficient (Wildman–Crippen LogP) is 4.49. The van der Waals surface area contributed by atoms with Crippen molar-refractivity contribution < 1.29 is 0 Å². The number of hydrogen-bond acceptors (Lipinski definition) is 1. The van der Waals surface area contributed by atoms with Gasteiger partial charge in [0, 0.05) is 10.5 Å². The van der Waals surface area contributed by atoms with Gasteiger partial charge < -0.3 is 5.73 Å². The van der Waals surface area contributed by atoms with Crippen molar-refractivity contribution in [2.24, 2.45) is 5.73 Å². The van der Waals surface area contributed by atoms with Crippen molar-refractivity contribution in [3.05, 3.63) is 68.7 Å². The molecule has 0 fully saturated rings. The predicted molar refractivity (Wildman–Crippen MR) is 88.0 cm³/mol. The Morgan fingerprint density at radius 2 is 1.90 bits per heavy atom. The van der Waals surface area contributed by atoms with Gasteiger partial charge in [0.2, 0.25) is 0 Å². The maximum absolute atomic E-state index is 6.39. The van der Waals surface area contributed by atoms with E-state index in [4.69, 9.17) is 5.73 Å². The molecule has 2 aromatic carbocycles. The zero-order valence-electron chi connectivity index (χ0n) is 11.8. The lowest BCUT2D eigenvalue weighted by Gasteiger charge is -2.14. The highest BCUT2D eigenvalue weighted by Gasteiger charge is 2.13. The number of aryl methyl sites for hydroxylation is 3. The summed E-state index contributed by atoms with van der Waals surface area (Å²) in [6.45, 7) is 2.11. The zero-order valence-corrected chi connectivity index (χ0v) is 13.4. The molecule has 1 atom stereocenters. The van der Waals surface area contributed by atoms with Crippen LogP contribution in [0, 0.1) is 6.92 Å². The van der Waals surface area contributed by atoms with Crippen LogP contribution in [0.25, 0.3) is 0 Å². The Bertz CT molecular complexity index is 613. The molecular formula is C18H20BrN. The lowest BCUT2D eigenvalue weighted by Crippen LogP contribution is -2.13. The number of benzene rings is 2. The van der Waals surface area contributed by atoms with Crippen molar-refractivity contribution in [3.8, 4) is 0 Å². The van der Waals surface area contributed by atoms with Crippen LogP contribution >= 0.6 is 15.9 Å². The third kappa shape index (κ3) is 2.97. The SMILES string of the molecule is Cc1cc(Br)cc(C(N)Cc2ccc3c(c2)CCC3)c1. The van der Waals surface area contributed by atoms with E-state index in [1.807, 2.05) is 0 Å². The molecule has 0 spiro atoms. The first-order chi connectivity index (χ1) is 9.61. The van der Waals surface area contributed by atoms with Gasteiger partial charge in [0.25, 0.3) is 0 Å². The van der Waals surface area contributed by atoms with Crippen molar-refractivity contribution >= 4 is 15.9 Å². The molecule has 0 bridgehead atoms. The van der Waals surface area contributed by atoms with Gasteiger partial charge in [-0.3, -0.25) is 0 Å². The van der Waals surface area contributed by atoms with E-state index >= 15 is 0 Å². The molecule has 0 saturated heterocycles. The number of rotatable bonds is 3. The molecule has 0 aliphatic heterocycles. The van der Waals surface area contributed by atoms with E-state index in [2.05, 4.69) is 59.3 Å². The van der Waals surface area contributed by atoms with Crippen LogP contribution in [-0.2, 0) is 19.3 Å². The first-order valence-electron chi connectivity index (χ1n) is 7.25. The van der Waals surface area contributed by atoms with Crippen molar-refractivity contribution in [2.45, 2.75) is 38.6 Å². The van der Waals surface area contributed by atoms with Crippen LogP contribution in [0.15, 0.2) is 40.9 Å². The Morgan fingerprint density at radius 3 is 2.70 bits per heavy atom. The fourth-order valence-corrected chi connectivity index (χ4v) is 3.73. The quantitative estimate of drug-likeness (QED) is 0.882. The van der Waals surface area contributed by atoms with Crippen LogP contribution in [0.3, 0.4) is 0 Å². The number of fused-ring (bicyclic) bond motifs is 1. The summed E-state index contributed by atoms with van der Waals surface area (Å²) in [6.07, 6.45) is 4.68. The van der Waals surface area contributed by atoms with Crippen LogP contribution in [0.4, 0.5) is 0 Å². The first kappa shape index (κ1) is 13.8. The normalized spacial score (nSPS) is 15.2. The molecule has 1 nitrogen and oxygen atoms in total. The first-order valence-corrected chi connectivity index (χ1v) is 8.04. The van der Waals surface area contributed by atoms with Gasteiger partial charge in [0.15, 0.2) is 0 Å². The Morgan fingerprint density at radius 1 is 1.10 bits per heavy atom. The van der Waals surface area contributed by atoms with E-state index in [0.29, 0.717) is 0 Å². The molecule has 3 rings (SSSR count). The van der Waals surface area contributed by atoms with E-state index < -0.39 is 0 Å². The molecule has 2 heteroatoms. The summed E-state index contributed by atoms with van der Waals surface area (Å²) in [5.41, 5.74) is 13.3. The highest BCUT2D eigenvalue weighted by molar-refractivity contribution is 9.10. The van der Waals surface area contributed by atoms with Gasteiger partial charge in [-0.25, -0.2) is 0 Å². The number of halogens is 1. The molecule has 2 N–H and O–H groups in total. The monoisotopic (exact) mass is 329 g/mol. The molecule has 0 amide bonds. The summed E-state index contributed by atoms with van der Waals surface area (Å²) in [6, 6.07) is 13.4. The topological polar surface area (TPSA) is 26.0 Å². The molecule has 20 heavy (non-hydrogen) atoms. The van der Waals surface area contributed by atoms with E-state index in [1.165, 1.54) is 47.1 Å². The third-order valence-electron chi connectivity index (χ3n) is 4.11. The second-order valence-corrected chi connectivity index (χ2v) is 6.74. The molecule has 0 aromatic heterocycles. The lowest BCUT2D eigenvalue weighted by atomic mass is 9.96. The Kier molecular flexibility index (Phi) is 3.95. The summed E-state index contributed by atoms with van der Waals surface area (Å²) in [5, 5.41) is 0. The van der Waals surface area contributed by atoms with Crippen LogP contribution in [0.1, 0.15) is 40.3 Å². The van der Waals surface area contributed by atoms with Gasteiger partial charge in [-0.1, -0.05) is 40.2 Å². The lowest BCUT2D eigenvalue weighted by molar-refractivity contribution is 0.720. The summed E-state index contributed by atoms with van der Waals surface area (Å²) in [4.78, 5) is 0. The van der Waals surface area contributed by atoms with Gasteiger partial charge in [0.05, 0.1) is 0 Å². The van der Waals surface area contributed by atoms with Gasteiger partial charge in [-0.05, 0) is 72.6 Å². The summed E-state index contributed by atoms with van der Waals surface area (Å²) < 4.78 is 1.11. The standard InChI is InChI=1S/C18H20BrN/c1-12-7-16(11-17(19)8-12)18(20)10-13-5-6-14-3-2-4-15(14)9-13/h5-9,11,18H,2-4,10,20H2,1H3. The molecule has 104 valence electrons. The largest absolute Gasteiger partial charge is 0.324 e. The van der Waals surface area contributed by atoms with Crippen LogP contribution in [0.5, 0.6) is 0 Å². The van der Waals surface area contributed by atoms with Crippen LogP contribution in [0.2, 0.25) is 0 Å². The highest BCUT2D eigenvalue weighted by Crippen LogP contribution is 2.26. The summed E-state index contributed by atoms with van der Waals surface area (Å²) in [7, 11) is 0. The van der Waals surface area contributed by atoms with Gasteiger partial charge in [-0.2, -0.15) is 0 Å². The van der Waals surface area contributed by atoms with Crippen LogP contribution < -0.4 is 5.73 Å². The van der Waals surface area contributed by atoms with E-state index in [9.17, 15) is 0 Å². The van der Waals surface area contributed by atoms with Crippen molar-refractivity contribution in [1.82, 2.24) is 0 Å². The average Bonchev–Trinajstić information content (AvgIpc) is 2.85. The van der Waals surface area contributed by atoms with Gasteiger partial charge >= 0.3 is 0 Å². The molecule has 1 unspecified atom stereocenters. The molecule has 2 aromatic rings. The smallest absolute Gasteiger partial charge is 0.0336 e. The van der Waals surface area contributed by atoms with E-state index in [0.717, 1.165) is 10.9 Å². The van der Waals surface area contributed by atoms with Crippen molar-refractivity contribution in [2.75, 3.05) is 0 Å². The number of hydrogen-bond donors (Lipinski definition) is 1. The second-order valence-electron chi connectivity index (χ2n) is 5.83. The third-order valence-corrected chi connectivity index (χ3v) is 4.57. The van der Waals surface area contributed by atoms with E-state index in [1.54, 1.807) is 0 Å². The Balaban J connectivity index is 1.80. The molecule has 0 heterocycles. The fourth-order valence-electron chi connectivity index (χ4n) is 3.10. The van der Waals surface area contributed by atoms with Crippen molar-refractivity contribution in [1.29, 1.82) is 0 Å². The molecule has 1 aliphatic rings. The minimum atomic E-state index is 0.0608. The van der Waals surface area contributed by atoms with Crippen LogP contribution in [-0.4, -0.2) is 0 Å². The minimum Gasteiger partial charge on any atom is -0.324 e. The summed E-state index contributed by atoms with van der Waals surface area (Å²) >= 11 is 3.55. The van der Waals surface area contributed by atoms with Crippen molar-refractivity contribution in [3.63, 3.8) is 0 Å². The number of nitrogens with two attached hydrogens (primary N) is 1. The molecule has 0 saturated carbocycles. The van der Waals surface area contributed by atoms with E-state index in [-0.39, 0.29) is 6.04 Å². The maximum atomic E-state index is 6.39. The molecular weight excluding hydrogens is 310 g/mol. The average molecular weight is 330 g/mol. The fraction of sp³-hybridized carbons (Fsp3) is 0.333. The summed E-state index contributed by atoms with van der Waals surface area (Å²) in [5.74, 6) is 0. The Hall–Kier alpha value is -1.12. The Labute approximate surface area is 129 Å². The molecule has 0 radical (unpaired) electrons. The highest BCUT2D eigenvalue weighted by atomic mass is 79.9. The zero-order chi connectivity index (χ0) is 14.1.